The largest absolute Gasteiger partial charge is 0.296 e. The van der Waals surface area contributed by atoms with Crippen LogP contribution in [-0.4, -0.2) is 16.3 Å². The molecule has 0 aliphatic carbocycles. The van der Waals surface area contributed by atoms with Crippen LogP contribution in [0.4, 0.5) is 0 Å². The van der Waals surface area contributed by atoms with E-state index in [-0.39, 0.29) is 0 Å². The number of aryl methyl sites for hydroxylation is 2. The summed E-state index contributed by atoms with van der Waals surface area (Å²) in [5.74, 6) is 0.632. The zero-order valence-electron chi connectivity index (χ0n) is 5.96. The first kappa shape index (κ1) is 6.86. The van der Waals surface area contributed by atoms with Crippen LogP contribution in [0.25, 0.3) is 0 Å². The summed E-state index contributed by atoms with van der Waals surface area (Å²) in [6.45, 7) is 3.57. The Morgan fingerprint density at radius 1 is 1.50 bits per heavy atom. The Labute approximate surface area is 59.1 Å². The van der Waals surface area contributed by atoms with Gasteiger partial charge in [0.2, 0.25) is 0 Å². The quantitative estimate of drug-likeness (QED) is 0.539. The fourth-order valence-electron chi connectivity index (χ4n) is 0.667. The monoisotopic (exact) mass is 136 g/mol. The predicted molar refractivity (Wildman–Crippen MR) is 36.9 cm³/mol. The molecule has 3 nitrogen and oxygen atoms in total. The van der Waals surface area contributed by atoms with E-state index in [1.54, 1.807) is 13.1 Å². The molecule has 3 heteroatoms. The summed E-state index contributed by atoms with van der Waals surface area (Å²) in [7, 11) is 0. The lowest BCUT2D eigenvalue weighted by Gasteiger charge is -1.95. The zero-order chi connectivity index (χ0) is 7.56. The molecule has 10 heavy (non-hydrogen) atoms. The van der Waals surface area contributed by atoms with Crippen molar-refractivity contribution < 1.29 is 4.79 Å². The molecule has 0 saturated carbocycles. The third-order valence-electron chi connectivity index (χ3n) is 1.24. The van der Waals surface area contributed by atoms with Gasteiger partial charge in [0.25, 0.3) is 0 Å². The Morgan fingerprint density at radius 2 is 2.20 bits per heavy atom. The number of carbonyl (C=O) groups excluding carboxylic acids is 1. The summed E-state index contributed by atoms with van der Waals surface area (Å²) in [6.07, 6.45) is 2.38. The molecule has 0 spiro atoms. The van der Waals surface area contributed by atoms with E-state index in [0.717, 1.165) is 11.8 Å². The lowest BCUT2D eigenvalue weighted by Crippen LogP contribution is -1.96. The first-order chi connectivity index (χ1) is 4.74. The Balaban J connectivity index is 3.21. The van der Waals surface area contributed by atoms with Crippen LogP contribution in [0, 0.1) is 13.8 Å². The van der Waals surface area contributed by atoms with E-state index >= 15 is 0 Å². The molecule has 1 aromatic rings. The van der Waals surface area contributed by atoms with Crippen LogP contribution >= 0.6 is 0 Å². The van der Waals surface area contributed by atoms with Gasteiger partial charge in [0.05, 0.1) is 0 Å². The number of aldehydes is 1. The van der Waals surface area contributed by atoms with Crippen molar-refractivity contribution in [3.8, 4) is 0 Å². The van der Waals surface area contributed by atoms with Gasteiger partial charge in [0, 0.05) is 6.20 Å². The molecule has 0 unspecified atom stereocenters. The van der Waals surface area contributed by atoms with Crippen LogP contribution in [0.1, 0.15) is 21.9 Å². The summed E-state index contributed by atoms with van der Waals surface area (Å²) >= 11 is 0. The third-order valence-corrected chi connectivity index (χ3v) is 1.24. The fraction of sp³-hybridized carbons (Fsp3) is 0.286. The van der Waals surface area contributed by atoms with Crippen molar-refractivity contribution in [1.29, 1.82) is 0 Å². The standard InChI is InChI=1S/C7H8N2O/c1-5-3-8-6(2)9-7(5)4-10/h3-4H,1-2H3. The first-order valence-corrected chi connectivity index (χ1v) is 2.99. The highest BCUT2D eigenvalue weighted by atomic mass is 16.1. The van der Waals surface area contributed by atoms with Crippen molar-refractivity contribution in [3.05, 3.63) is 23.3 Å². The Bertz CT molecular complexity index is 258. The summed E-state index contributed by atoms with van der Waals surface area (Å²) in [4.78, 5) is 18.1. The summed E-state index contributed by atoms with van der Waals surface area (Å²) < 4.78 is 0. The van der Waals surface area contributed by atoms with Gasteiger partial charge >= 0.3 is 0 Å². The van der Waals surface area contributed by atoms with Crippen molar-refractivity contribution in [1.82, 2.24) is 9.97 Å². The van der Waals surface area contributed by atoms with E-state index < -0.39 is 0 Å². The van der Waals surface area contributed by atoms with E-state index in [4.69, 9.17) is 0 Å². The number of carbonyl (C=O) groups is 1. The first-order valence-electron chi connectivity index (χ1n) is 2.99. The number of hydrogen-bond donors (Lipinski definition) is 0. The molecular weight excluding hydrogens is 128 g/mol. The van der Waals surface area contributed by atoms with E-state index in [1.807, 2.05) is 6.92 Å². The van der Waals surface area contributed by atoms with Crippen LogP contribution in [-0.2, 0) is 0 Å². The predicted octanol–water partition coefficient (Wildman–Crippen LogP) is 0.906. The van der Waals surface area contributed by atoms with Crippen LogP contribution in [0.2, 0.25) is 0 Å². The second kappa shape index (κ2) is 2.56. The van der Waals surface area contributed by atoms with Crippen molar-refractivity contribution in [2.24, 2.45) is 0 Å². The van der Waals surface area contributed by atoms with Crippen molar-refractivity contribution in [2.45, 2.75) is 13.8 Å². The highest BCUT2D eigenvalue weighted by molar-refractivity contribution is 5.73. The second-order valence-electron chi connectivity index (χ2n) is 2.10. The Hall–Kier alpha value is -1.25. The van der Waals surface area contributed by atoms with Crippen LogP contribution in [0.3, 0.4) is 0 Å². The molecule has 0 N–H and O–H groups in total. The van der Waals surface area contributed by atoms with Gasteiger partial charge in [-0.05, 0) is 19.4 Å². The molecular formula is C7H8N2O. The Morgan fingerprint density at radius 3 is 2.70 bits per heavy atom. The molecule has 1 heterocycles. The van der Waals surface area contributed by atoms with Crippen molar-refractivity contribution >= 4 is 6.29 Å². The highest BCUT2D eigenvalue weighted by Crippen LogP contribution is 1.98. The zero-order valence-corrected chi connectivity index (χ0v) is 5.96. The van der Waals surface area contributed by atoms with E-state index in [1.165, 1.54) is 0 Å². The third kappa shape index (κ3) is 1.18. The van der Waals surface area contributed by atoms with E-state index in [9.17, 15) is 4.79 Å². The normalized spacial score (nSPS) is 9.40. The molecule has 0 fully saturated rings. The lowest BCUT2D eigenvalue weighted by molar-refractivity contribution is 0.111. The van der Waals surface area contributed by atoms with Gasteiger partial charge in [-0.15, -0.1) is 0 Å². The fourth-order valence-corrected chi connectivity index (χ4v) is 0.667. The number of rotatable bonds is 1. The molecule has 1 aromatic heterocycles. The van der Waals surface area contributed by atoms with E-state index in [2.05, 4.69) is 9.97 Å². The molecule has 0 bridgehead atoms. The summed E-state index contributed by atoms with van der Waals surface area (Å²) in [5, 5.41) is 0. The molecule has 0 saturated heterocycles. The smallest absolute Gasteiger partial charge is 0.168 e. The van der Waals surface area contributed by atoms with Gasteiger partial charge in [0.15, 0.2) is 6.29 Å². The number of hydrogen-bond acceptors (Lipinski definition) is 3. The molecule has 0 radical (unpaired) electrons. The average Bonchev–Trinajstić information content (AvgIpc) is 1.94. The van der Waals surface area contributed by atoms with Gasteiger partial charge in [-0.25, -0.2) is 9.97 Å². The SMILES string of the molecule is Cc1ncc(C)c(C=O)n1. The molecule has 52 valence electrons. The molecule has 0 atom stereocenters. The van der Waals surface area contributed by atoms with Crippen LogP contribution < -0.4 is 0 Å². The van der Waals surface area contributed by atoms with E-state index in [0.29, 0.717) is 11.5 Å². The van der Waals surface area contributed by atoms with Gasteiger partial charge in [0.1, 0.15) is 11.5 Å². The molecule has 0 amide bonds. The van der Waals surface area contributed by atoms with Crippen LogP contribution in [0.15, 0.2) is 6.20 Å². The van der Waals surface area contributed by atoms with Gasteiger partial charge in [-0.2, -0.15) is 0 Å². The number of nitrogens with zero attached hydrogens (tertiary/aromatic N) is 2. The maximum Gasteiger partial charge on any atom is 0.168 e. The van der Waals surface area contributed by atoms with Crippen molar-refractivity contribution in [2.75, 3.05) is 0 Å². The minimum absolute atomic E-state index is 0.479. The lowest BCUT2D eigenvalue weighted by atomic mass is 10.3. The minimum Gasteiger partial charge on any atom is -0.296 e. The maximum atomic E-state index is 10.3. The van der Waals surface area contributed by atoms with Gasteiger partial charge in [-0.1, -0.05) is 0 Å². The molecule has 0 aliphatic heterocycles. The average molecular weight is 136 g/mol. The Kier molecular flexibility index (Phi) is 1.76. The molecule has 1 rings (SSSR count). The summed E-state index contributed by atoms with van der Waals surface area (Å²) in [5.41, 5.74) is 1.30. The topological polar surface area (TPSA) is 42.9 Å². The maximum absolute atomic E-state index is 10.3. The number of aromatic nitrogens is 2. The summed E-state index contributed by atoms with van der Waals surface area (Å²) in [6, 6.07) is 0. The second-order valence-corrected chi connectivity index (χ2v) is 2.10. The molecule has 0 aromatic carbocycles. The molecule has 0 aliphatic rings. The highest BCUT2D eigenvalue weighted by Gasteiger charge is 1.97. The minimum atomic E-state index is 0.479. The van der Waals surface area contributed by atoms with Gasteiger partial charge < -0.3 is 0 Å². The van der Waals surface area contributed by atoms with Gasteiger partial charge in [-0.3, -0.25) is 4.79 Å². The van der Waals surface area contributed by atoms with Crippen molar-refractivity contribution in [3.63, 3.8) is 0 Å². The van der Waals surface area contributed by atoms with Crippen LogP contribution in [0.5, 0.6) is 0 Å².